The van der Waals surface area contributed by atoms with E-state index in [1.807, 2.05) is 64.1 Å². The summed E-state index contributed by atoms with van der Waals surface area (Å²) < 4.78 is 54.4. The Labute approximate surface area is 306 Å². The first-order chi connectivity index (χ1) is 20.5. The van der Waals surface area contributed by atoms with E-state index in [2.05, 4.69) is 48.4 Å². The van der Waals surface area contributed by atoms with E-state index in [1.54, 1.807) is 26.4 Å². The molecule has 0 radical (unpaired) electrons. The van der Waals surface area contributed by atoms with Crippen molar-refractivity contribution in [1.29, 1.82) is 0 Å². The molecule has 2 heterocycles. The van der Waals surface area contributed by atoms with Crippen molar-refractivity contribution >= 4 is 41.1 Å². The van der Waals surface area contributed by atoms with E-state index >= 15 is 0 Å². The second-order valence-corrected chi connectivity index (χ2v) is 12.7. The summed E-state index contributed by atoms with van der Waals surface area (Å²) >= 11 is 3.18. The van der Waals surface area contributed by atoms with Gasteiger partial charge in [0.15, 0.2) is 0 Å². The second-order valence-electron chi connectivity index (χ2n) is 11.9. The van der Waals surface area contributed by atoms with Gasteiger partial charge in [-0.25, -0.2) is 0 Å². The molecule has 252 valence electrons. The molecular weight excluding hydrogens is 656 g/mol. The summed E-state index contributed by atoms with van der Waals surface area (Å²) in [6.07, 6.45) is 0. The molecule has 0 spiro atoms. The molecule has 0 atom stereocenters. The molecule has 2 aromatic rings. The third-order valence-electron chi connectivity index (χ3n) is 7.66. The molecule has 2 aliphatic heterocycles. The SMILES string of the molecule is C.CC1(C)OB(c2ccc(O)cc2)OC1(C)C.COCCBr.COCCOc1ccc(B2OC(C)(C)C(C)(C)O2)cc1.[2H]CF.[H-].[Na+]. The molecule has 0 aromatic heterocycles. The predicted octanol–water partition coefficient (Wildman–Crippen LogP) is 3.07. The molecule has 0 unspecified atom stereocenters. The number of aromatic hydroxyl groups is 1. The smallest absolute Gasteiger partial charge is 1.00 e. The molecule has 0 aliphatic carbocycles. The van der Waals surface area contributed by atoms with E-state index in [-0.39, 0.29) is 80.8 Å². The Morgan fingerprint density at radius 3 is 1.36 bits per heavy atom. The number of alkyl halides is 2. The quantitative estimate of drug-likeness (QED) is 0.254. The molecule has 8 nitrogen and oxygen atoms in total. The van der Waals surface area contributed by atoms with E-state index in [0.717, 1.165) is 28.6 Å². The monoisotopic (exact) mass is 711 g/mol. The first-order valence-corrected chi connectivity index (χ1v) is 15.2. The number of phenols is 1. The Hall–Kier alpha value is -0.660. The zero-order chi connectivity index (χ0) is 33.6. The van der Waals surface area contributed by atoms with Gasteiger partial charge >= 0.3 is 43.8 Å². The Morgan fingerprint density at radius 2 is 1.07 bits per heavy atom. The minimum Gasteiger partial charge on any atom is -1.00 e. The van der Waals surface area contributed by atoms with Crippen LogP contribution in [-0.2, 0) is 28.1 Å². The minimum atomic E-state index is -1.00. The summed E-state index contributed by atoms with van der Waals surface area (Å²) in [5.41, 5.74) is 0.654. The van der Waals surface area contributed by atoms with Gasteiger partial charge in [-0.05, 0) is 90.6 Å². The van der Waals surface area contributed by atoms with Crippen molar-refractivity contribution in [2.45, 2.75) is 85.2 Å². The first kappa shape index (κ1) is 44.3. The third kappa shape index (κ3) is 14.2. The number of methoxy groups -OCH3 is 2. The molecule has 13 heteroatoms. The maximum Gasteiger partial charge on any atom is 1.00 e. The summed E-state index contributed by atoms with van der Waals surface area (Å²) in [6, 6.07) is 14.7. The Morgan fingerprint density at radius 1 is 0.733 bits per heavy atom. The zero-order valence-corrected chi connectivity index (χ0v) is 32.0. The molecule has 1 N–H and O–H groups in total. The van der Waals surface area contributed by atoms with Crippen molar-refractivity contribution in [3.8, 4) is 11.5 Å². The Balaban J connectivity index is -0.000000645. The van der Waals surface area contributed by atoms with E-state index < -0.39 is 7.15 Å². The van der Waals surface area contributed by atoms with Gasteiger partial charge in [0, 0.05) is 19.5 Å². The molecule has 2 fully saturated rings. The molecule has 0 bridgehead atoms. The van der Waals surface area contributed by atoms with Gasteiger partial charge < -0.3 is 39.4 Å². The van der Waals surface area contributed by atoms with Gasteiger partial charge in [-0.15, -0.1) is 0 Å². The van der Waals surface area contributed by atoms with Gasteiger partial charge in [-0.1, -0.05) is 47.6 Å². The van der Waals surface area contributed by atoms with Crippen LogP contribution in [0.15, 0.2) is 48.5 Å². The normalized spacial score (nSPS) is 18.3. The number of benzene rings is 2. The maximum atomic E-state index is 9.96. The summed E-state index contributed by atoms with van der Waals surface area (Å²) in [7, 11) is 1.66. The van der Waals surface area contributed by atoms with Gasteiger partial charge in [-0.2, -0.15) is 0 Å². The van der Waals surface area contributed by atoms with E-state index in [1.165, 1.54) is 0 Å². The van der Waals surface area contributed by atoms with Crippen molar-refractivity contribution in [3.63, 3.8) is 0 Å². The van der Waals surface area contributed by atoms with Crippen LogP contribution < -0.4 is 45.2 Å². The fraction of sp³-hybridized carbons (Fsp3) is 0.625. The average Bonchev–Trinajstić information content (AvgIpc) is 3.30. The van der Waals surface area contributed by atoms with Crippen LogP contribution in [0.2, 0.25) is 0 Å². The molecule has 2 aromatic carbocycles. The zero-order valence-electron chi connectivity index (χ0n) is 30.4. The number of halogens is 2. The summed E-state index contributed by atoms with van der Waals surface area (Å²) in [5, 5.41) is 10.2. The van der Waals surface area contributed by atoms with Gasteiger partial charge in [0.2, 0.25) is 0 Å². The maximum absolute atomic E-state index is 9.96. The summed E-state index contributed by atoms with van der Waals surface area (Å²) in [4.78, 5) is 0. The fourth-order valence-corrected chi connectivity index (χ4v) is 3.95. The molecular formula is C32H55B2BrFNaO8. The van der Waals surface area contributed by atoms with Crippen LogP contribution in [0.1, 0.15) is 65.6 Å². The van der Waals surface area contributed by atoms with E-state index in [4.69, 9.17) is 29.5 Å². The first-order valence-electron chi connectivity index (χ1n) is 14.8. The third-order valence-corrected chi connectivity index (χ3v) is 7.99. The van der Waals surface area contributed by atoms with Gasteiger partial charge in [0.25, 0.3) is 0 Å². The van der Waals surface area contributed by atoms with Crippen LogP contribution >= 0.6 is 15.9 Å². The number of phenolic OH excluding ortho intramolecular Hbond substituents is 1. The van der Waals surface area contributed by atoms with Crippen LogP contribution in [-0.4, -0.2) is 88.3 Å². The van der Waals surface area contributed by atoms with E-state index in [0.29, 0.717) is 13.2 Å². The summed E-state index contributed by atoms with van der Waals surface area (Å²) in [5.74, 6) is 1.07. The Kier molecular flexibility index (Phi) is 21.0. The topological polar surface area (TPSA) is 84.8 Å². The minimum absolute atomic E-state index is 0. The molecule has 2 saturated heterocycles. The molecule has 2 aliphatic rings. The molecule has 4 rings (SSSR count). The molecule has 0 saturated carbocycles. The number of hydrogen-bond acceptors (Lipinski definition) is 8. The van der Waals surface area contributed by atoms with Crippen molar-refractivity contribution in [2.75, 3.05) is 46.5 Å². The van der Waals surface area contributed by atoms with Crippen molar-refractivity contribution in [3.05, 3.63) is 48.5 Å². The Bertz CT molecular complexity index is 1050. The van der Waals surface area contributed by atoms with Crippen LogP contribution in [0.5, 0.6) is 11.5 Å². The number of rotatable bonds is 8. The number of hydrogen-bond donors (Lipinski definition) is 1. The van der Waals surface area contributed by atoms with Crippen LogP contribution in [0.25, 0.3) is 0 Å². The molecule has 45 heavy (non-hydrogen) atoms. The largest absolute Gasteiger partial charge is 1.00 e. The predicted molar refractivity (Wildman–Crippen MR) is 184 cm³/mol. The second kappa shape index (κ2) is 21.3. The van der Waals surface area contributed by atoms with Crippen molar-refractivity contribution in [1.82, 2.24) is 0 Å². The standard InChI is InChI=1S/C15H23BO4.C12H17BO3.C3H7BrO.CH3F.CH4.Na.H/c1-14(2)15(3,4)20-16(19-14)12-6-8-13(9-7-12)18-11-10-17-5;1-11(2)12(3,4)16-13(15-11)9-5-7-10(14)8-6-9;1-5-3-2-4;1-2;;;/h6-9H,10-11H2,1-5H3;5-8,14H,1-4H3;2-3H2,1H3;1H3;1H4;;/q;;;;;+1;-1/i;;;1D;;;. The average molecular weight is 712 g/mol. The van der Waals surface area contributed by atoms with Gasteiger partial charge in [0.05, 0.1) is 44.1 Å². The van der Waals surface area contributed by atoms with Crippen LogP contribution in [0.4, 0.5) is 4.39 Å². The van der Waals surface area contributed by atoms with Gasteiger partial charge in [0.1, 0.15) is 18.1 Å². The van der Waals surface area contributed by atoms with Crippen molar-refractivity contribution in [2.24, 2.45) is 0 Å². The van der Waals surface area contributed by atoms with Crippen LogP contribution in [0.3, 0.4) is 0 Å². The number of ether oxygens (including phenoxy) is 3. The summed E-state index contributed by atoms with van der Waals surface area (Å²) in [6.45, 7) is 18.2. The van der Waals surface area contributed by atoms with Gasteiger partial charge in [-0.3, -0.25) is 4.39 Å². The van der Waals surface area contributed by atoms with Crippen LogP contribution in [0, 0.1) is 0 Å². The van der Waals surface area contributed by atoms with E-state index in [9.17, 15) is 9.50 Å². The van der Waals surface area contributed by atoms with Crippen molar-refractivity contribution < 1.29 is 74.7 Å². The molecule has 0 amide bonds. The fourth-order valence-electron chi connectivity index (χ4n) is 3.63.